The van der Waals surface area contributed by atoms with Crippen molar-refractivity contribution in [2.24, 2.45) is 0 Å². The van der Waals surface area contributed by atoms with E-state index in [1.54, 1.807) is 6.92 Å². The smallest absolute Gasteiger partial charge is 0.348 e. The molecule has 0 aliphatic carbocycles. The van der Waals surface area contributed by atoms with Gasteiger partial charge in [-0.2, -0.15) is 0 Å². The van der Waals surface area contributed by atoms with Gasteiger partial charge in [-0.3, -0.25) is 0 Å². The zero-order valence-electron chi connectivity index (χ0n) is 13.6. The molecule has 0 aliphatic rings. The Morgan fingerprint density at radius 1 is 1.13 bits per heavy atom. The Labute approximate surface area is 145 Å². The normalized spacial score (nSPS) is 10.3. The standard InChI is InChI=1S/C17H20N2O2S2/c1-5-21-16(20)15-12(4)9-14(23-15)19-17(22)18-13-7-6-10(2)11(3)8-13/h6-9H,5H2,1-4H3,(H2,18,19,22). The Morgan fingerprint density at radius 3 is 2.52 bits per heavy atom. The van der Waals surface area contributed by atoms with E-state index >= 15 is 0 Å². The fraction of sp³-hybridized carbons (Fsp3) is 0.294. The van der Waals surface area contributed by atoms with Gasteiger partial charge in [-0.15, -0.1) is 11.3 Å². The zero-order chi connectivity index (χ0) is 17.0. The number of benzene rings is 1. The lowest BCUT2D eigenvalue weighted by atomic mass is 10.1. The quantitative estimate of drug-likeness (QED) is 0.622. The van der Waals surface area contributed by atoms with Gasteiger partial charge >= 0.3 is 5.97 Å². The summed E-state index contributed by atoms with van der Waals surface area (Å²) in [6.45, 7) is 8.17. The van der Waals surface area contributed by atoms with E-state index in [0.717, 1.165) is 16.3 Å². The lowest BCUT2D eigenvalue weighted by molar-refractivity contribution is 0.0531. The molecule has 2 N–H and O–H groups in total. The molecule has 2 aromatic rings. The highest BCUT2D eigenvalue weighted by Gasteiger charge is 2.15. The molecule has 0 fully saturated rings. The Hall–Kier alpha value is -1.92. The van der Waals surface area contributed by atoms with Crippen LogP contribution in [0.3, 0.4) is 0 Å². The fourth-order valence-electron chi connectivity index (χ4n) is 2.04. The molecule has 0 aliphatic heterocycles. The molecule has 0 radical (unpaired) electrons. The molecule has 0 atom stereocenters. The second kappa shape index (κ2) is 7.57. The van der Waals surface area contributed by atoms with Crippen LogP contribution in [0.5, 0.6) is 0 Å². The van der Waals surface area contributed by atoms with Crippen LogP contribution < -0.4 is 10.6 Å². The molecule has 6 heteroatoms. The van der Waals surface area contributed by atoms with Gasteiger partial charge in [0.15, 0.2) is 5.11 Å². The molecule has 23 heavy (non-hydrogen) atoms. The first kappa shape index (κ1) is 17.4. The van der Waals surface area contributed by atoms with Crippen molar-refractivity contribution < 1.29 is 9.53 Å². The van der Waals surface area contributed by atoms with Crippen LogP contribution in [0.15, 0.2) is 24.3 Å². The van der Waals surface area contributed by atoms with Gasteiger partial charge in [-0.1, -0.05) is 6.07 Å². The van der Waals surface area contributed by atoms with E-state index in [4.69, 9.17) is 17.0 Å². The molecule has 0 amide bonds. The van der Waals surface area contributed by atoms with Crippen LogP contribution in [0.2, 0.25) is 0 Å². The molecule has 2 rings (SSSR count). The molecular weight excluding hydrogens is 328 g/mol. The van der Waals surface area contributed by atoms with Gasteiger partial charge in [-0.05, 0) is 74.8 Å². The molecule has 0 spiro atoms. The largest absolute Gasteiger partial charge is 0.462 e. The van der Waals surface area contributed by atoms with Crippen LogP contribution in [0.25, 0.3) is 0 Å². The van der Waals surface area contributed by atoms with E-state index in [-0.39, 0.29) is 5.97 Å². The topological polar surface area (TPSA) is 50.4 Å². The fourth-order valence-corrected chi connectivity index (χ4v) is 3.30. The summed E-state index contributed by atoms with van der Waals surface area (Å²) in [4.78, 5) is 12.4. The van der Waals surface area contributed by atoms with Crippen molar-refractivity contribution in [3.05, 3.63) is 45.8 Å². The minimum atomic E-state index is -0.295. The predicted octanol–water partition coefficient (Wildman–Crippen LogP) is 4.66. The number of esters is 1. The van der Waals surface area contributed by atoms with Crippen LogP contribution in [-0.2, 0) is 4.74 Å². The maximum atomic E-state index is 11.8. The number of hydrogen-bond acceptors (Lipinski definition) is 4. The predicted molar refractivity (Wildman–Crippen MR) is 101 cm³/mol. The molecular formula is C17H20N2O2S2. The summed E-state index contributed by atoms with van der Waals surface area (Å²) in [6.07, 6.45) is 0. The van der Waals surface area contributed by atoms with Crippen molar-refractivity contribution >= 4 is 45.3 Å². The first-order valence-electron chi connectivity index (χ1n) is 7.33. The van der Waals surface area contributed by atoms with Gasteiger partial charge in [0.2, 0.25) is 0 Å². The van der Waals surface area contributed by atoms with Gasteiger partial charge in [0, 0.05) is 5.69 Å². The van der Waals surface area contributed by atoms with Crippen LogP contribution in [-0.4, -0.2) is 17.7 Å². The Morgan fingerprint density at radius 2 is 1.87 bits per heavy atom. The van der Waals surface area contributed by atoms with Gasteiger partial charge < -0.3 is 15.4 Å². The van der Waals surface area contributed by atoms with Crippen molar-refractivity contribution in [3.8, 4) is 0 Å². The third kappa shape index (κ3) is 4.53. The lowest BCUT2D eigenvalue weighted by Crippen LogP contribution is -2.18. The first-order chi connectivity index (χ1) is 10.9. The van der Waals surface area contributed by atoms with E-state index in [0.29, 0.717) is 16.6 Å². The average molecular weight is 348 g/mol. The first-order valence-corrected chi connectivity index (χ1v) is 8.56. The highest BCUT2D eigenvalue weighted by molar-refractivity contribution is 7.80. The number of anilines is 2. The number of nitrogens with one attached hydrogen (secondary N) is 2. The summed E-state index contributed by atoms with van der Waals surface area (Å²) in [5.74, 6) is -0.295. The number of aryl methyl sites for hydroxylation is 3. The van der Waals surface area contributed by atoms with Crippen LogP contribution in [0, 0.1) is 20.8 Å². The summed E-state index contributed by atoms with van der Waals surface area (Å²) >= 11 is 6.67. The van der Waals surface area contributed by atoms with Gasteiger partial charge in [0.05, 0.1) is 11.6 Å². The zero-order valence-corrected chi connectivity index (χ0v) is 15.3. The summed E-state index contributed by atoms with van der Waals surface area (Å²) < 4.78 is 5.04. The Balaban J connectivity index is 2.04. The van der Waals surface area contributed by atoms with Crippen LogP contribution in [0.4, 0.5) is 10.7 Å². The van der Waals surface area contributed by atoms with Crippen molar-refractivity contribution in [3.63, 3.8) is 0 Å². The molecule has 1 aromatic carbocycles. The van der Waals surface area contributed by atoms with Gasteiger partial charge in [0.25, 0.3) is 0 Å². The SMILES string of the molecule is CCOC(=O)c1sc(NC(=S)Nc2ccc(C)c(C)c2)cc1C. The van der Waals surface area contributed by atoms with Crippen molar-refractivity contribution in [1.29, 1.82) is 0 Å². The third-order valence-electron chi connectivity index (χ3n) is 3.38. The highest BCUT2D eigenvalue weighted by Crippen LogP contribution is 2.27. The van der Waals surface area contributed by atoms with E-state index < -0.39 is 0 Å². The van der Waals surface area contributed by atoms with E-state index in [9.17, 15) is 4.79 Å². The number of carbonyl (C=O) groups excluding carboxylic acids is 1. The average Bonchev–Trinajstić information content (AvgIpc) is 2.83. The lowest BCUT2D eigenvalue weighted by Gasteiger charge is -2.10. The molecule has 0 saturated heterocycles. The highest BCUT2D eigenvalue weighted by atomic mass is 32.1. The number of thiocarbonyl (C=S) groups is 1. The minimum absolute atomic E-state index is 0.295. The van der Waals surface area contributed by atoms with Crippen LogP contribution >= 0.6 is 23.6 Å². The molecule has 0 bridgehead atoms. The second-order valence-electron chi connectivity index (χ2n) is 5.22. The number of hydrogen-bond donors (Lipinski definition) is 2. The van der Waals surface area contributed by atoms with Crippen molar-refractivity contribution in [1.82, 2.24) is 0 Å². The van der Waals surface area contributed by atoms with Crippen molar-refractivity contribution in [2.45, 2.75) is 27.7 Å². The molecule has 1 aromatic heterocycles. The molecule has 122 valence electrons. The summed E-state index contributed by atoms with van der Waals surface area (Å²) in [7, 11) is 0. The van der Waals surface area contributed by atoms with E-state index in [1.807, 2.05) is 25.1 Å². The summed E-state index contributed by atoms with van der Waals surface area (Å²) in [5.41, 5.74) is 4.26. The summed E-state index contributed by atoms with van der Waals surface area (Å²) in [6, 6.07) is 7.98. The second-order valence-corrected chi connectivity index (χ2v) is 6.68. The molecule has 0 unspecified atom stereocenters. The van der Waals surface area contributed by atoms with Gasteiger partial charge in [0.1, 0.15) is 4.88 Å². The molecule has 4 nitrogen and oxygen atoms in total. The van der Waals surface area contributed by atoms with Crippen LogP contribution in [0.1, 0.15) is 33.3 Å². The van der Waals surface area contributed by atoms with E-state index in [2.05, 4.69) is 30.5 Å². The molecule has 1 heterocycles. The maximum absolute atomic E-state index is 11.8. The number of carbonyl (C=O) groups is 1. The van der Waals surface area contributed by atoms with E-state index in [1.165, 1.54) is 22.5 Å². The molecule has 0 saturated carbocycles. The third-order valence-corrected chi connectivity index (χ3v) is 4.72. The Kier molecular flexibility index (Phi) is 5.74. The maximum Gasteiger partial charge on any atom is 0.348 e. The monoisotopic (exact) mass is 348 g/mol. The number of rotatable bonds is 4. The number of thiophene rings is 1. The Bertz CT molecular complexity index is 738. The van der Waals surface area contributed by atoms with Crippen molar-refractivity contribution in [2.75, 3.05) is 17.2 Å². The minimum Gasteiger partial charge on any atom is -0.462 e. The number of ether oxygens (including phenoxy) is 1. The van der Waals surface area contributed by atoms with Gasteiger partial charge in [-0.25, -0.2) is 4.79 Å². The summed E-state index contributed by atoms with van der Waals surface area (Å²) in [5, 5.41) is 7.57.